The smallest absolute Gasteiger partial charge is 0.224 e. The predicted octanol–water partition coefficient (Wildman–Crippen LogP) is 2.29. The molecule has 0 spiro atoms. The second-order valence-corrected chi connectivity index (χ2v) is 5.07. The molecule has 1 aliphatic rings. The lowest BCUT2D eigenvalue weighted by atomic mass is 9.80. The van der Waals surface area contributed by atoms with E-state index < -0.39 is 0 Å². The van der Waals surface area contributed by atoms with E-state index in [0.717, 1.165) is 30.7 Å². The minimum absolute atomic E-state index is 0.0779. The van der Waals surface area contributed by atoms with Crippen LogP contribution in [0.15, 0.2) is 24.3 Å². The topological polar surface area (TPSA) is 64.3 Å². The number of nitrogens with two attached hydrogens (primary N) is 1. The zero-order valence-electron chi connectivity index (χ0n) is 11.4. The first-order valence-corrected chi connectivity index (χ1v) is 6.91. The third-order valence-electron chi connectivity index (χ3n) is 3.52. The lowest BCUT2D eigenvalue weighted by Crippen LogP contribution is -2.33. The van der Waals surface area contributed by atoms with Crippen LogP contribution in [-0.4, -0.2) is 18.6 Å². The Morgan fingerprint density at radius 2 is 2.26 bits per heavy atom. The van der Waals surface area contributed by atoms with E-state index in [4.69, 9.17) is 10.5 Å². The van der Waals surface area contributed by atoms with Crippen molar-refractivity contribution in [2.45, 2.75) is 38.8 Å². The van der Waals surface area contributed by atoms with Crippen molar-refractivity contribution in [3.05, 3.63) is 29.8 Å². The van der Waals surface area contributed by atoms with Gasteiger partial charge in [0.2, 0.25) is 5.91 Å². The Balaban J connectivity index is 1.75. The van der Waals surface area contributed by atoms with Gasteiger partial charge in [0.1, 0.15) is 0 Å². The van der Waals surface area contributed by atoms with Gasteiger partial charge in [-0.05, 0) is 43.4 Å². The molecule has 0 heterocycles. The molecule has 0 bridgehead atoms. The Bertz CT molecular complexity index is 428. The summed E-state index contributed by atoms with van der Waals surface area (Å²) in [5.41, 5.74) is 7.43. The summed E-state index contributed by atoms with van der Waals surface area (Å²) in [5, 5.41) is 2.93. The highest BCUT2D eigenvalue weighted by Crippen LogP contribution is 2.32. The summed E-state index contributed by atoms with van der Waals surface area (Å²) in [6, 6.07) is 7.67. The van der Waals surface area contributed by atoms with Gasteiger partial charge in [-0.2, -0.15) is 0 Å². The van der Waals surface area contributed by atoms with Gasteiger partial charge in [-0.15, -0.1) is 0 Å². The fourth-order valence-corrected chi connectivity index (χ4v) is 2.46. The van der Waals surface area contributed by atoms with Gasteiger partial charge >= 0.3 is 0 Å². The van der Waals surface area contributed by atoms with Crippen molar-refractivity contribution >= 4 is 11.6 Å². The lowest BCUT2D eigenvalue weighted by Gasteiger charge is -2.34. The second kappa shape index (κ2) is 6.68. The third kappa shape index (κ3) is 4.04. The molecule has 3 N–H and O–H groups in total. The van der Waals surface area contributed by atoms with Gasteiger partial charge in [-0.3, -0.25) is 4.79 Å². The maximum atomic E-state index is 11.9. The van der Waals surface area contributed by atoms with Crippen LogP contribution in [0.25, 0.3) is 0 Å². The molecule has 1 fully saturated rings. The summed E-state index contributed by atoms with van der Waals surface area (Å²) in [6.07, 6.45) is 2.95. The summed E-state index contributed by atoms with van der Waals surface area (Å²) in [5.74, 6) is 0.545. The summed E-state index contributed by atoms with van der Waals surface area (Å²) >= 11 is 0. The molecule has 2 rings (SSSR count). The molecule has 0 aliphatic heterocycles. The number of hydrogen-bond acceptors (Lipinski definition) is 3. The van der Waals surface area contributed by atoms with Crippen LogP contribution in [-0.2, 0) is 16.1 Å². The van der Waals surface area contributed by atoms with Crippen LogP contribution in [0.4, 0.5) is 5.69 Å². The molecule has 104 valence electrons. The number of hydrogen-bond donors (Lipinski definition) is 2. The molecular weight excluding hydrogens is 240 g/mol. The monoisotopic (exact) mass is 262 g/mol. The molecule has 19 heavy (non-hydrogen) atoms. The van der Waals surface area contributed by atoms with Crippen molar-refractivity contribution in [3.8, 4) is 0 Å². The van der Waals surface area contributed by atoms with E-state index >= 15 is 0 Å². The van der Waals surface area contributed by atoms with Crippen molar-refractivity contribution in [2.24, 2.45) is 11.7 Å². The number of ether oxygens (including phenoxy) is 1. The summed E-state index contributed by atoms with van der Waals surface area (Å²) in [6.45, 7) is 3.25. The van der Waals surface area contributed by atoms with E-state index in [1.807, 2.05) is 31.2 Å². The minimum Gasteiger partial charge on any atom is -0.378 e. The highest BCUT2D eigenvalue weighted by molar-refractivity contribution is 5.90. The molecule has 0 aromatic heterocycles. The third-order valence-corrected chi connectivity index (χ3v) is 3.52. The zero-order chi connectivity index (χ0) is 13.7. The van der Waals surface area contributed by atoms with Crippen LogP contribution < -0.4 is 11.1 Å². The molecule has 1 aromatic carbocycles. The predicted molar refractivity (Wildman–Crippen MR) is 75.7 cm³/mol. The normalized spacial score (nSPS) is 21.8. The van der Waals surface area contributed by atoms with Gasteiger partial charge in [0.15, 0.2) is 0 Å². The molecule has 1 saturated carbocycles. The average Bonchev–Trinajstić information content (AvgIpc) is 2.36. The maximum Gasteiger partial charge on any atom is 0.224 e. The Kier molecular flexibility index (Phi) is 4.93. The van der Waals surface area contributed by atoms with Gasteiger partial charge in [0.25, 0.3) is 0 Å². The number of carbonyl (C=O) groups excluding carboxylic acids is 1. The van der Waals surface area contributed by atoms with E-state index in [9.17, 15) is 4.79 Å². The fourth-order valence-electron chi connectivity index (χ4n) is 2.46. The molecule has 4 nitrogen and oxygen atoms in total. The van der Waals surface area contributed by atoms with E-state index in [-0.39, 0.29) is 5.91 Å². The largest absolute Gasteiger partial charge is 0.378 e. The first-order valence-electron chi connectivity index (χ1n) is 6.91. The molecule has 0 radical (unpaired) electrons. The van der Waals surface area contributed by atoms with Crippen LogP contribution in [0.1, 0.15) is 31.7 Å². The number of nitrogens with one attached hydrogen (secondary N) is 1. The van der Waals surface area contributed by atoms with Crippen molar-refractivity contribution in [2.75, 3.05) is 11.9 Å². The number of benzene rings is 1. The standard InChI is InChI=1S/C15H22N2O2/c1-2-19-14-7-12(8-14)9-15(18)17-13-5-3-4-11(6-13)10-16/h3-6,12,14H,2,7-10,16H2,1H3,(H,17,18). The summed E-state index contributed by atoms with van der Waals surface area (Å²) in [4.78, 5) is 11.9. The van der Waals surface area contributed by atoms with Gasteiger partial charge in [0, 0.05) is 25.3 Å². The quantitative estimate of drug-likeness (QED) is 0.826. The Hall–Kier alpha value is -1.39. The Labute approximate surface area is 114 Å². The molecular formula is C15H22N2O2. The van der Waals surface area contributed by atoms with Crippen LogP contribution in [0.3, 0.4) is 0 Å². The van der Waals surface area contributed by atoms with Gasteiger partial charge in [-0.25, -0.2) is 0 Å². The number of amides is 1. The molecule has 0 saturated heterocycles. The zero-order valence-corrected chi connectivity index (χ0v) is 11.4. The second-order valence-electron chi connectivity index (χ2n) is 5.07. The minimum atomic E-state index is 0.0779. The maximum absolute atomic E-state index is 11.9. The van der Waals surface area contributed by atoms with Crippen molar-refractivity contribution in [1.82, 2.24) is 0 Å². The lowest BCUT2D eigenvalue weighted by molar-refractivity contribution is -0.119. The average molecular weight is 262 g/mol. The first kappa shape index (κ1) is 14.0. The van der Waals surface area contributed by atoms with Gasteiger partial charge in [0.05, 0.1) is 6.10 Å². The van der Waals surface area contributed by atoms with Gasteiger partial charge < -0.3 is 15.8 Å². The molecule has 0 atom stereocenters. The molecule has 1 aliphatic carbocycles. The van der Waals surface area contributed by atoms with Crippen molar-refractivity contribution in [1.29, 1.82) is 0 Å². The van der Waals surface area contributed by atoms with Gasteiger partial charge in [-0.1, -0.05) is 12.1 Å². The number of anilines is 1. The Morgan fingerprint density at radius 3 is 2.95 bits per heavy atom. The van der Waals surface area contributed by atoms with Crippen molar-refractivity contribution in [3.63, 3.8) is 0 Å². The first-order chi connectivity index (χ1) is 9.21. The number of rotatable bonds is 6. The molecule has 1 aromatic rings. The highest BCUT2D eigenvalue weighted by Gasteiger charge is 2.30. The Morgan fingerprint density at radius 1 is 1.47 bits per heavy atom. The van der Waals surface area contributed by atoms with E-state index in [1.165, 1.54) is 0 Å². The summed E-state index contributed by atoms with van der Waals surface area (Å²) < 4.78 is 5.49. The van der Waals surface area contributed by atoms with E-state index in [0.29, 0.717) is 25.0 Å². The fraction of sp³-hybridized carbons (Fsp3) is 0.533. The highest BCUT2D eigenvalue weighted by atomic mass is 16.5. The molecule has 1 amide bonds. The van der Waals surface area contributed by atoms with Crippen LogP contribution in [0, 0.1) is 5.92 Å². The van der Waals surface area contributed by atoms with E-state index in [2.05, 4.69) is 5.32 Å². The molecule has 0 unspecified atom stereocenters. The van der Waals surface area contributed by atoms with E-state index in [1.54, 1.807) is 0 Å². The van der Waals surface area contributed by atoms with Crippen LogP contribution in [0.2, 0.25) is 0 Å². The van der Waals surface area contributed by atoms with Crippen LogP contribution in [0.5, 0.6) is 0 Å². The summed E-state index contributed by atoms with van der Waals surface area (Å²) in [7, 11) is 0. The van der Waals surface area contributed by atoms with Crippen LogP contribution >= 0.6 is 0 Å². The SMILES string of the molecule is CCOC1CC(CC(=O)Nc2cccc(CN)c2)C1. The number of carbonyl (C=O) groups is 1. The molecule has 4 heteroatoms. The van der Waals surface area contributed by atoms with Crippen molar-refractivity contribution < 1.29 is 9.53 Å².